The molecule has 3 heterocycles. The van der Waals surface area contributed by atoms with Gasteiger partial charge in [-0.1, -0.05) is 35.9 Å². The molecule has 0 radical (unpaired) electrons. The third-order valence-electron chi connectivity index (χ3n) is 6.15. The summed E-state index contributed by atoms with van der Waals surface area (Å²) in [6, 6.07) is 18.2. The number of halogens is 2. The second kappa shape index (κ2) is 10.5. The first-order chi connectivity index (χ1) is 17.9. The Labute approximate surface area is 218 Å². The summed E-state index contributed by atoms with van der Waals surface area (Å²) in [5.41, 5.74) is 1.39. The normalized spacial score (nSPS) is 15.5. The monoisotopic (exact) mass is 518 g/mol. The van der Waals surface area contributed by atoms with E-state index in [4.69, 9.17) is 11.6 Å². The molecule has 1 atom stereocenters. The minimum Gasteiger partial charge on any atom is -0.347 e. The lowest BCUT2D eigenvalue weighted by molar-refractivity contribution is 0.0932. The average molecular weight is 519 g/mol. The molecule has 0 spiro atoms. The maximum atomic E-state index is 14.7. The smallest absolute Gasteiger partial charge is 0.272 e. The van der Waals surface area contributed by atoms with Gasteiger partial charge in [0.1, 0.15) is 11.6 Å². The summed E-state index contributed by atoms with van der Waals surface area (Å²) in [5, 5.41) is 10.2. The fourth-order valence-corrected chi connectivity index (χ4v) is 4.52. The lowest BCUT2D eigenvalue weighted by atomic mass is 10.1. The molecule has 8 nitrogen and oxygen atoms in total. The number of likely N-dealkylation sites (N-methyl/N-ethyl adjacent to an activating group) is 1. The average Bonchev–Trinajstić information content (AvgIpc) is 3.51. The van der Waals surface area contributed by atoms with Crippen LogP contribution in [0, 0.1) is 5.82 Å². The van der Waals surface area contributed by atoms with Crippen molar-refractivity contribution < 1.29 is 14.0 Å². The van der Waals surface area contributed by atoms with Crippen molar-refractivity contribution in [2.45, 2.75) is 12.5 Å². The molecule has 4 aromatic rings. The number of rotatable bonds is 6. The number of hydrogen-bond donors (Lipinski definition) is 2. The quantitative estimate of drug-likeness (QED) is 0.394. The van der Waals surface area contributed by atoms with Gasteiger partial charge in [0.15, 0.2) is 5.69 Å². The molecule has 1 aliphatic rings. The van der Waals surface area contributed by atoms with Crippen LogP contribution >= 0.6 is 11.6 Å². The molecule has 188 valence electrons. The van der Waals surface area contributed by atoms with E-state index in [1.54, 1.807) is 30.3 Å². The van der Waals surface area contributed by atoms with Gasteiger partial charge >= 0.3 is 0 Å². The summed E-state index contributed by atoms with van der Waals surface area (Å²) < 4.78 is 16.1. The Kier molecular flexibility index (Phi) is 6.98. The van der Waals surface area contributed by atoms with Crippen molar-refractivity contribution in [2.24, 2.45) is 0 Å². The van der Waals surface area contributed by atoms with E-state index in [9.17, 15) is 14.0 Å². The van der Waals surface area contributed by atoms with Gasteiger partial charge in [0, 0.05) is 30.4 Å². The van der Waals surface area contributed by atoms with Crippen LogP contribution in [0.15, 0.2) is 72.9 Å². The SMILES string of the molecule is CN1CC[C@H](NC(=O)c2cc(NC(=O)c3cc(-c4ccccn4)c(F)cc3Cl)n(-c3ccccc3)n2)C1. The largest absolute Gasteiger partial charge is 0.347 e. The van der Waals surface area contributed by atoms with Crippen LogP contribution in [0.4, 0.5) is 10.2 Å². The first-order valence-corrected chi connectivity index (χ1v) is 12.1. The van der Waals surface area contributed by atoms with E-state index in [2.05, 4.69) is 25.6 Å². The summed E-state index contributed by atoms with van der Waals surface area (Å²) >= 11 is 6.26. The van der Waals surface area contributed by atoms with E-state index in [-0.39, 0.29) is 39.6 Å². The van der Waals surface area contributed by atoms with Gasteiger partial charge in [0.25, 0.3) is 11.8 Å². The minimum atomic E-state index is -0.592. The van der Waals surface area contributed by atoms with Gasteiger partial charge in [0.2, 0.25) is 0 Å². The van der Waals surface area contributed by atoms with E-state index in [0.29, 0.717) is 11.4 Å². The molecule has 0 saturated carbocycles. The van der Waals surface area contributed by atoms with Crippen molar-refractivity contribution in [2.75, 3.05) is 25.5 Å². The number of para-hydroxylation sites is 1. The zero-order valence-electron chi connectivity index (χ0n) is 20.0. The molecular formula is C27H24ClFN6O2. The maximum absolute atomic E-state index is 14.7. The third-order valence-corrected chi connectivity index (χ3v) is 6.47. The van der Waals surface area contributed by atoms with Crippen molar-refractivity contribution in [3.8, 4) is 16.9 Å². The molecule has 1 saturated heterocycles. The molecule has 2 aromatic carbocycles. The number of pyridine rings is 1. The molecule has 0 unspecified atom stereocenters. The van der Waals surface area contributed by atoms with Crippen LogP contribution in [0.5, 0.6) is 0 Å². The molecule has 0 aliphatic carbocycles. The number of carbonyl (C=O) groups excluding carboxylic acids is 2. The molecule has 37 heavy (non-hydrogen) atoms. The van der Waals surface area contributed by atoms with E-state index >= 15 is 0 Å². The molecule has 0 bridgehead atoms. The number of aromatic nitrogens is 3. The summed E-state index contributed by atoms with van der Waals surface area (Å²) in [7, 11) is 2.00. The summed E-state index contributed by atoms with van der Waals surface area (Å²) in [6.07, 6.45) is 2.39. The third kappa shape index (κ3) is 5.37. The Bertz CT molecular complexity index is 1440. The summed E-state index contributed by atoms with van der Waals surface area (Å²) in [6.45, 7) is 1.67. The first kappa shape index (κ1) is 24.6. The Morgan fingerprint density at radius 1 is 1.05 bits per heavy atom. The predicted octanol–water partition coefficient (Wildman–Crippen LogP) is 4.41. The second-order valence-corrected chi connectivity index (χ2v) is 9.27. The van der Waals surface area contributed by atoms with E-state index in [1.807, 2.05) is 25.2 Å². The van der Waals surface area contributed by atoms with Gasteiger partial charge < -0.3 is 15.5 Å². The second-order valence-electron chi connectivity index (χ2n) is 8.86. The molecule has 10 heteroatoms. The standard InChI is InChI=1S/C27H24ClFN6O2/c1-34-12-10-17(16-34)31-27(37)24-15-25(35(33-24)18-7-3-2-4-8-18)32-26(36)19-13-20(22(29)14-21(19)28)23-9-5-6-11-30-23/h2-9,11,13-15,17H,10,12,16H2,1H3,(H,31,37)(H,32,36)/t17-/m0/s1. The molecule has 1 aliphatic heterocycles. The van der Waals surface area contributed by atoms with Crippen LogP contribution in [0.25, 0.3) is 16.9 Å². The van der Waals surface area contributed by atoms with E-state index in [1.165, 1.54) is 23.0 Å². The van der Waals surface area contributed by atoms with Crippen LogP contribution in [-0.4, -0.2) is 57.7 Å². The number of amides is 2. The molecular weight excluding hydrogens is 495 g/mol. The van der Waals surface area contributed by atoms with Crippen LogP contribution in [0.3, 0.4) is 0 Å². The highest BCUT2D eigenvalue weighted by molar-refractivity contribution is 6.34. The highest BCUT2D eigenvalue weighted by Gasteiger charge is 2.25. The highest BCUT2D eigenvalue weighted by atomic mass is 35.5. The maximum Gasteiger partial charge on any atom is 0.272 e. The number of benzene rings is 2. The van der Waals surface area contributed by atoms with Crippen LogP contribution < -0.4 is 10.6 Å². The molecule has 2 amide bonds. The first-order valence-electron chi connectivity index (χ1n) is 11.8. The Balaban J connectivity index is 1.46. The van der Waals surface area contributed by atoms with Crippen LogP contribution in [-0.2, 0) is 0 Å². The number of nitrogens with zero attached hydrogens (tertiary/aromatic N) is 4. The van der Waals surface area contributed by atoms with Gasteiger partial charge in [-0.3, -0.25) is 14.6 Å². The summed E-state index contributed by atoms with van der Waals surface area (Å²) in [5.74, 6) is -1.23. The van der Waals surface area contributed by atoms with Crippen molar-refractivity contribution in [3.63, 3.8) is 0 Å². The van der Waals surface area contributed by atoms with Crippen molar-refractivity contribution in [1.82, 2.24) is 25.0 Å². The Hall–Kier alpha value is -4.08. The van der Waals surface area contributed by atoms with E-state index < -0.39 is 11.7 Å². The van der Waals surface area contributed by atoms with Gasteiger partial charge in [-0.2, -0.15) is 5.10 Å². The van der Waals surface area contributed by atoms with Crippen molar-refractivity contribution in [3.05, 3.63) is 95.0 Å². The summed E-state index contributed by atoms with van der Waals surface area (Å²) in [4.78, 5) is 32.6. The number of carbonyl (C=O) groups is 2. The zero-order chi connectivity index (χ0) is 25.9. The van der Waals surface area contributed by atoms with Gasteiger partial charge in [-0.15, -0.1) is 0 Å². The van der Waals surface area contributed by atoms with Gasteiger partial charge in [0.05, 0.1) is 22.0 Å². The fourth-order valence-electron chi connectivity index (χ4n) is 4.28. The number of anilines is 1. The van der Waals surface area contributed by atoms with E-state index in [0.717, 1.165) is 25.6 Å². The molecule has 2 N–H and O–H groups in total. The van der Waals surface area contributed by atoms with Crippen molar-refractivity contribution in [1.29, 1.82) is 0 Å². The van der Waals surface area contributed by atoms with Crippen LogP contribution in [0.2, 0.25) is 5.02 Å². The topological polar surface area (TPSA) is 92.2 Å². The molecule has 2 aromatic heterocycles. The molecule has 1 fully saturated rings. The predicted molar refractivity (Wildman–Crippen MR) is 140 cm³/mol. The number of likely N-dealkylation sites (tertiary alicyclic amines) is 1. The Morgan fingerprint density at radius 3 is 2.54 bits per heavy atom. The van der Waals surface area contributed by atoms with Gasteiger partial charge in [-0.05, 0) is 56.4 Å². The fraction of sp³-hybridized carbons (Fsp3) is 0.185. The minimum absolute atomic E-state index is 0.0282. The Morgan fingerprint density at radius 2 is 1.84 bits per heavy atom. The number of hydrogen-bond acceptors (Lipinski definition) is 5. The van der Waals surface area contributed by atoms with Gasteiger partial charge in [-0.25, -0.2) is 9.07 Å². The lowest BCUT2D eigenvalue weighted by Gasteiger charge is -2.11. The lowest BCUT2D eigenvalue weighted by Crippen LogP contribution is -2.36. The highest BCUT2D eigenvalue weighted by Crippen LogP contribution is 2.28. The van der Waals surface area contributed by atoms with Crippen molar-refractivity contribution >= 4 is 29.2 Å². The molecule has 5 rings (SSSR count). The zero-order valence-corrected chi connectivity index (χ0v) is 20.7. The number of nitrogens with one attached hydrogen (secondary N) is 2. The van der Waals surface area contributed by atoms with Crippen LogP contribution in [0.1, 0.15) is 27.3 Å².